The minimum Gasteiger partial charge on any atom is -0.294 e. The molecule has 0 spiro atoms. The summed E-state index contributed by atoms with van der Waals surface area (Å²) in [7, 11) is 0. The SMILES string of the molecule is O=C1CCCCc2nc(CSc3cccc(Br)c3)ncc21. The van der Waals surface area contributed by atoms with Crippen LogP contribution in [0.25, 0.3) is 0 Å². The van der Waals surface area contributed by atoms with Crippen LogP contribution in [0.1, 0.15) is 41.1 Å². The van der Waals surface area contributed by atoms with Crippen LogP contribution < -0.4 is 0 Å². The molecule has 0 bridgehead atoms. The molecule has 3 rings (SSSR count). The second kappa shape index (κ2) is 6.71. The lowest BCUT2D eigenvalue weighted by Gasteiger charge is -2.06. The zero-order valence-electron chi connectivity index (χ0n) is 11.5. The summed E-state index contributed by atoms with van der Waals surface area (Å²) in [5.41, 5.74) is 1.65. The van der Waals surface area contributed by atoms with Gasteiger partial charge in [0.1, 0.15) is 5.82 Å². The molecule has 1 aromatic heterocycles. The first-order chi connectivity index (χ1) is 10.2. The monoisotopic (exact) mass is 362 g/mol. The number of halogens is 1. The van der Waals surface area contributed by atoms with E-state index in [9.17, 15) is 4.79 Å². The first-order valence-electron chi connectivity index (χ1n) is 6.99. The third-order valence-corrected chi connectivity index (χ3v) is 4.93. The summed E-state index contributed by atoms with van der Waals surface area (Å²) < 4.78 is 1.07. The fraction of sp³-hybridized carbons (Fsp3) is 0.312. The lowest BCUT2D eigenvalue weighted by molar-refractivity contribution is 0.0981. The van der Waals surface area contributed by atoms with Crippen LogP contribution in [0.3, 0.4) is 0 Å². The summed E-state index contributed by atoms with van der Waals surface area (Å²) in [6, 6.07) is 8.18. The van der Waals surface area contributed by atoms with Gasteiger partial charge in [-0.05, 0) is 37.5 Å². The molecule has 5 heteroatoms. The maximum Gasteiger partial charge on any atom is 0.166 e. The molecule has 0 atom stereocenters. The maximum absolute atomic E-state index is 11.9. The lowest BCUT2D eigenvalue weighted by atomic mass is 10.1. The van der Waals surface area contributed by atoms with Gasteiger partial charge in [-0.2, -0.15) is 0 Å². The Morgan fingerprint density at radius 1 is 1.24 bits per heavy atom. The Hall–Kier alpha value is -1.20. The summed E-state index contributed by atoms with van der Waals surface area (Å²) in [4.78, 5) is 22.1. The van der Waals surface area contributed by atoms with Gasteiger partial charge in [-0.3, -0.25) is 4.79 Å². The maximum atomic E-state index is 11.9. The molecule has 1 aromatic carbocycles. The number of benzene rings is 1. The largest absolute Gasteiger partial charge is 0.294 e. The van der Waals surface area contributed by atoms with E-state index in [1.54, 1.807) is 18.0 Å². The van der Waals surface area contributed by atoms with Crippen molar-refractivity contribution in [2.75, 3.05) is 0 Å². The van der Waals surface area contributed by atoms with Gasteiger partial charge in [0.05, 0.1) is 17.0 Å². The molecule has 1 heterocycles. The van der Waals surface area contributed by atoms with E-state index >= 15 is 0 Å². The molecule has 0 radical (unpaired) electrons. The first-order valence-corrected chi connectivity index (χ1v) is 8.76. The van der Waals surface area contributed by atoms with Gasteiger partial charge < -0.3 is 0 Å². The normalized spacial score (nSPS) is 14.6. The van der Waals surface area contributed by atoms with Crippen LogP contribution in [0.15, 0.2) is 39.8 Å². The van der Waals surface area contributed by atoms with E-state index in [1.807, 2.05) is 12.1 Å². The van der Waals surface area contributed by atoms with Gasteiger partial charge in [-0.15, -0.1) is 11.8 Å². The number of Topliss-reactive ketones (excluding diaryl/α,β-unsaturated/α-hetero) is 1. The molecule has 0 saturated carbocycles. The second-order valence-corrected chi connectivity index (χ2v) is 6.99. The number of hydrogen-bond acceptors (Lipinski definition) is 4. The zero-order valence-corrected chi connectivity index (χ0v) is 13.9. The van der Waals surface area contributed by atoms with Crippen molar-refractivity contribution in [3.8, 4) is 0 Å². The first kappa shape index (κ1) is 14.7. The molecule has 0 amide bonds. The molecule has 0 unspecified atom stereocenters. The summed E-state index contributed by atoms with van der Waals surface area (Å²) in [5, 5.41) is 0. The van der Waals surface area contributed by atoms with Crippen LogP contribution in [0.2, 0.25) is 0 Å². The summed E-state index contributed by atoms with van der Waals surface area (Å²) in [6.07, 6.45) is 5.22. The average molecular weight is 363 g/mol. The summed E-state index contributed by atoms with van der Waals surface area (Å²) in [5.74, 6) is 1.71. The second-order valence-electron chi connectivity index (χ2n) is 5.02. The Bertz CT molecular complexity index is 675. The minimum absolute atomic E-state index is 0.189. The van der Waals surface area contributed by atoms with Crippen LogP contribution in [0, 0.1) is 0 Å². The van der Waals surface area contributed by atoms with Crippen LogP contribution in [0.4, 0.5) is 0 Å². The third kappa shape index (κ3) is 3.71. The molecule has 0 N–H and O–H groups in total. The molecule has 0 saturated heterocycles. The summed E-state index contributed by atoms with van der Waals surface area (Å²) in [6.45, 7) is 0. The molecule has 108 valence electrons. The van der Waals surface area contributed by atoms with Crippen molar-refractivity contribution in [3.63, 3.8) is 0 Å². The topological polar surface area (TPSA) is 42.9 Å². The minimum atomic E-state index is 0.189. The van der Waals surface area contributed by atoms with Gasteiger partial charge in [0, 0.05) is 22.0 Å². The van der Waals surface area contributed by atoms with E-state index < -0.39 is 0 Å². The predicted octanol–water partition coefficient (Wildman–Crippen LogP) is 4.44. The molecule has 3 nitrogen and oxygen atoms in total. The van der Waals surface area contributed by atoms with Crippen LogP contribution >= 0.6 is 27.7 Å². The number of thioether (sulfide) groups is 1. The number of ketones is 1. The Morgan fingerprint density at radius 3 is 2.95 bits per heavy atom. The highest BCUT2D eigenvalue weighted by Crippen LogP contribution is 2.25. The van der Waals surface area contributed by atoms with Gasteiger partial charge in [0.15, 0.2) is 5.78 Å². The van der Waals surface area contributed by atoms with E-state index in [4.69, 9.17) is 0 Å². The van der Waals surface area contributed by atoms with Crippen molar-refractivity contribution >= 4 is 33.5 Å². The number of carbonyl (C=O) groups excluding carboxylic acids is 1. The number of hydrogen-bond donors (Lipinski definition) is 0. The Kier molecular flexibility index (Phi) is 4.70. The van der Waals surface area contributed by atoms with Crippen molar-refractivity contribution < 1.29 is 4.79 Å². The van der Waals surface area contributed by atoms with E-state index in [1.165, 1.54) is 4.90 Å². The molecular formula is C16H15BrN2OS. The fourth-order valence-electron chi connectivity index (χ4n) is 2.37. The van der Waals surface area contributed by atoms with Crippen molar-refractivity contribution in [3.05, 3.63) is 52.0 Å². The Balaban J connectivity index is 1.75. The molecule has 21 heavy (non-hydrogen) atoms. The number of aryl methyl sites for hydroxylation is 1. The summed E-state index contributed by atoms with van der Waals surface area (Å²) >= 11 is 5.18. The number of aromatic nitrogens is 2. The van der Waals surface area contributed by atoms with Crippen molar-refractivity contribution in [1.29, 1.82) is 0 Å². The highest BCUT2D eigenvalue weighted by molar-refractivity contribution is 9.10. The highest BCUT2D eigenvalue weighted by Gasteiger charge is 2.17. The quantitative estimate of drug-likeness (QED) is 0.597. The average Bonchev–Trinajstić information content (AvgIpc) is 2.67. The predicted molar refractivity (Wildman–Crippen MR) is 87.6 cm³/mol. The molecule has 1 aliphatic rings. The zero-order chi connectivity index (χ0) is 14.7. The number of nitrogens with zero attached hydrogens (tertiary/aromatic N) is 2. The molecule has 0 fully saturated rings. The van der Waals surface area contributed by atoms with Gasteiger partial charge in [-0.1, -0.05) is 22.0 Å². The van der Waals surface area contributed by atoms with Crippen molar-refractivity contribution in [2.24, 2.45) is 0 Å². The van der Waals surface area contributed by atoms with E-state index in [2.05, 4.69) is 38.0 Å². The van der Waals surface area contributed by atoms with Crippen LogP contribution in [-0.2, 0) is 12.2 Å². The highest BCUT2D eigenvalue weighted by atomic mass is 79.9. The van der Waals surface area contributed by atoms with Gasteiger partial charge in [0.25, 0.3) is 0 Å². The molecule has 1 aliphatic carbocycles. The van der Waals surface area contributed by atoms with Crippen molar-refractivity contribution in [1.82, 2.24) is 9.97 Å². The van der Waals surface area contributed by atoms with Crippen LogP contribution in [-0.4, -0.2) is 15.8 Å². The number of carbonyl (C=O) groups is 1. The Labute approximate surface area is 136 Å². The number of fused-ring (bicyclic) bond motifs is 1. The third-order valence-electron chi connectivity index (χ3n) is 3.45. The van der Waals surface area contributed by atoms with Crippen molar-refractivity contribution in [2.45, 2.75) is 36.3 Å². The number of rotatable bonds is 3. The Morgan fingerprint density at radius 2 is 2.10 bits per heavy atom. The van der Waals surface area contributed by atoms with E-state index in [-0.39, 0.29) is 5.78 Å². The standard InChI is InChI=1S/C16H15BrN2OS/c17-11-4-3-5-12(8-11)21-10-16-18-9-13-14(19-16)6-1-2-7-15(13)20/h3-5,8-9H,1-2,6-7,10H2. The fourth-order valence-corrected chi connectivity index (χ4v) is 3.74. The smallest absolute Gasteiger partial charge is 0.166 e. The molecule has 0 aliphatic heterocycles. The van der Waals surface area contributed by atoms with Gasteiger partial charge in [-0.25, -0.2) is 9.97 Å². The van der Waals surface area contributed by atoms with Gasteiger partial charge >= 0.3 is 0 Å². The molecular weight excluding hydrogens is 348 g/mol. The molecule has 2 aromatic rings. The van der Waals surface area contributed by atoms with Gasteiger partial charge in [0.2, 0.25) is 0 Å². The van der Waals surface area contributed by atoms with E-state index in [0.717, 1.165) is 46.6 Å². The lowest BCUT2D eigenvalue weighted by Crippen LogP contribution is -2.06. The van der Waals surface area contributed by atoms with Crippen LogP contribution in [0.5, 0.6) is 0 Å². The van der Waals surface area contributed by atoms with E-state index in [0.29, 0.717) is 6.42 Å².